The van der Waals surface area contributed by atoms with E-state index in [0.29, 0.717) is 12.0 Å². The Kier molecular flexibility index (Phi) is 4.91. The first-order valence-electron chi connectivity index (χ1n) is 6.21. The van der Waals surface area contributed by atoms with Gasteiger partial charge in [0.05, 0.1) is 17.3 Å². The molecule has 0 aliphatic heterocycles. The maximum atomic E-state index is 12.2. The summed E-state index contributed by atoms with van der Waals surface area (Å²) in [6.45, 7) is 5.70. The molecule has 1 atom stereocenters. The summed E-state index contributed by atoms with van der Waals surface area (Å²) < 4.78 is 1.60. The molecule has 1 rings (SSSR count). The second-order valence-corrected chi connectivity index (χ2v) is 4.74. The molecule has 106 valence electrons. The second-order valence-electron chi connectivity index (χ2n) is 4.74. The largest absolute Gasteiger partial charge is 0.409 e. The monoisotopic (exact) mass is 267 g/mol. The summed E-state index contributed by atoms with van der Waals surface area (Å²) in [5.41, 5.74) is 6.82. The molecule has 1 aromatic heterocycles. The van der Waals surface area contributed by atoms with Crippen molar-refractivity contribution in [3.63, 3.8) is 0 Å². The Hall–Kier alpha value is -2.05. The van der Waals surface area contributed by atoms with Crippen LogP contribution in [0.15, 0.2) is 11.4 Å². The number of carbonyl (C=O) groups is 1. The van der Waals surface area contributed by atoms with Gasteiger partial charge < -0.3 is 16.3 Å². The summed E-state index contributed by atoms with van der Waals surface area (Å²) >= 11 is 0. The van der Waals surface area contributed by atoms with Crippen LogP contribution < -0.4 is 11.1 Å². The van der Waals surface area contributed by atoms with Crippen LogP contribution in [-0.2, 0) is 13.5 Å². The predicted molar refractivity (Wildman–Crippen MR) is 72.1 cm³/mol. The van der Waals surface area contributed by atoms with Crippen LogP contribution in [0, 0.1) is 5.92 Å². The maximum absolute atomic E-state index is 12.2. The molecule has 4 N–H and O–H groups in total. The van der Waals surface area contributed by atoms with E-state index in [9.17, 15) is 4.79 Å². The van der Waals surface area contributed by atoms with Crippen LogP contribution in [0.5, 0.6) is 0 Å². The fraction of sp³-hybridized carbons (Fsp3) is 0.583. The molecule has 0 saturated carbocycles. The zero-order valence-corrected chi connectivity index (χ0v) is 11.7. The Labute approximate surface area is 112 Å². The molecule has 0 aliphatic carbocycles. The van der Waals surface area contributed by atoms with Crippen molar-refractivity contribution in [2.24, 2.45) is 23.9 Å². The highest BCUT2D eigenvalue weighted by atomic mass is 16.4. The number of aryl methyl sites for hydroxylation is 2. The lowest BCUT2D eigenvalue weighted by Crippen LogP contribution is -2.48. The average molecular weight is 267 g/mol. The summed E-state index contributed by atoms with van der Waals surface area (Å²) in [6, 6.07) is -0.512. The summed E-state index contributed by atoms with van der Waals surface area (Å²) in [4.78, 5) is 12.2. The number of amidine groups is 1. The van der Waals surface area contributed by atoms with Gasteiger partial charge in [-0.15, -0.1) is 0 Å². The van der Waals surface area contributed by atoms with Crippen molar-refractivity contribution in [1.82, 2.24) is 15.1 Å². The zero-order chi connectivity index (χ0) is 14.6. The number of amides is 1. The van der Waals surface area contributed by atoms with Gasteiger partial charge in [-0.3, -0.25) is 9.48 Å². The number of hydrogen-bond acceptors (Lipinski definition) is 4. The van der Waals surface area contributed by atoms with Gasteiger partial charge in [-0.25, -0.2) is 0 Å². The lowest BCUT2D eigenvalue weighted by atomic mass is 10.0. The Balaban J connectivity index is 2.94. The predicted octanol–water partition coefficient (Wildman–Crippen LogP) is 0.483. The van der Waals surface area contributed by atoms with Crippen LogP contribution in [0.3, 0.4) is 0 Å². The van der Waals surface area contributed by atoms with Gasteiger partial charge in [0.1, 0.15) is 0 Å². The summed E-state index contributed by atoms with van der Waals surface area (Å²) in [5.74, 6) is -0.262. The molecular weight excluding hydrogens is 246 g/mol. The molecule has 0 bridgehead atoms. The Bertz CT molecular complexity index is 478. The minimum atomic E-state index is -0.512. The first-order chi connectivity index (χ1) is 8.90. The number of nitrogens with one attached hydrogen (secondary N) is 1. The number of nitrogens with zero attached hydrogens (tertiary/aromatic N) is 3. The van der Waals surface area contributed by atoms with Crippen LogP contribution in [-0.4, -0.2) is 32.8 Å². The van der Waals surface area contributed by atoms with Crippen LogP contribution in [0.2, 0.25) is 0 Å². The fourth-order valence-corrected chi connectivity index (χ4v) is 1.85. The number of oxime groups is 1. The molecule has 1 heterocycles. The van der Waals surface area contributed by atoms with Crippen LogP contribution in [0.4, 0.5) is 0 Å². The van der Waals surface area contributed by atoms with E-state index >= 15 is 0 Å². The third-order valence-electron chi connectivity index (χ3n) is 2.87. The maximum Gasteiger partial charge on any atom is 0.255 e. The minimum absolute atomic E-state index is 0.00899. The third-order valence-corrected chi connectivity index (χ3v) is 2.87. The van der Waals surface area contributed by atoms with Gasteiger partial charge in [-0.2, -0.15) is 5.10 Å². The Morgan fingerprint density at radius 1 is 1.63 bits per heavy atom. The van der Waals surface area contributed by atoms with E-state index in [1.807, 2.05) is 20.8 Å². The first-order valence-corrected chi connectivity index (χ1v) is 6.21. The van der Waals surface area contributed by atoms with Crippen molar-refractivity contribution in [3.8, 4) is 0 Å². The van der Waals surface area contributed by atoms with E-state index < -0.39 is 6.04 Å². The lowest BCUT2D eigenvalue weighted by Gasteiger charge is -2.20. The van der Waals surface area contributed by atoms with Gasteiger partial charge in [-0.05, 0) is 12.3 Å². The number of hydrogen-bond donors (Lipinski definition) is 3. The van der Waals surface area contributed by atoms with E-state index in [-0.39, 0.29) is 17.7 Å². The van der Waals surface area contributed by atoms with Crippen molar-refractivity contribution in [2.75, 3.05) is 0 Å². The molecule has 0 spiro atoms. The van der Waals surface area contributed by atoms with Gasteiger partial charge in [0.2, 0.25) is 0 Å². The van der Waals surface area contributed by atoms with Crippen molar-refractivity contribution in [2.45, 2.75) is 33.2 Å². The fourth-order valence-electron chi connectivity index (χ4n) is 1.85. The average Bonchev–Trinajstić information content (AvgIpc) is 2.75. The third kappa shape index (κ3) is 3.46. The second kappa shape index (κ2) is 6.21. The Morgan fingerprint density at radius 2 is 2.26 bits per heavy atom. The summed E-state index contributed by atoms with van der Waals surface area (Å²) in [5, 5.41) is 18.7. The number of carbonyl (C=O) groups excluding carboxylic acids is 1. The van der Waals surface area contributed by atoms with E-state index in [1.54, 1.807) is 17.9 Å². The molecule has 1 unspecified atom stereocenters. The molecule has 0 fully saturated rings. The quantitative estimate of drug-likeness (QED) is 0.312. The lowest BCUT2D eigenvalue weighted by molar-refractivity contribution is 0.0938. The normalized spacial score (nSPS) is 13.6. The molecule has 1 amide bonds. The van der Waals surface area contributed by atoms with Gasteiger partial charge in [0.25, 0.3) is 5.91 Å². The molecular formula is C12H21N5O2. The number of rotatable bonds is 5. The van der Waals surface area contributed by atoms with Gasteiger partial charge in [0, 0.05) is 13.2 Å². The van der Waals surface area contributed by atoms with Crippen molar-refractivity contribution in [3.05, 3.63) is 17.5 Å². The highest BCUT2D eigenvalue weighted by Crippen LogP contribution is 2.09. The highest BCUT2D eigenvalue weighted by molar-refractivity contribution is 5.98. The zero-order valence-electron chi connectivity index (χ0n) is 11.7. The van der Waals surface area contributed by atoms with Gasteiger partial charge >= 0.3 is 0 Å². The summed E-state index contributed by atoms with van der Waals surface area (Å²) in [6.07, 6.45) is 2.33. The van der Waals surface area contributed by atoms with Gasteiger partial charge in [0.15, 0.2) is 5.84 Å². The molecule has 1 aromatic rings. The van der Waals surface area contributed by atoms with Gasteiger partial charge in [-0.1, -0.05) is 25.9 Å². The molecule has 7 nitrogen and oxygen atoms in total. The molecule has 0 radical (unpaired) electrons. The SMILES string of the molecule is CCc1nn(C)cc1C(=O)NC(/C(N)=N/O)C(C)C. The van der Waals surface area contributed by atoms with Crippen molar-refractivity contribution in [1.29, 1.82) is 0 Å². The molecule has 0 aromatic carbocycles. The molecule has 0 aliphatic rings. The molecule has 0 saturated heterocycles. The van der Waals surface area contributed by atoms with E-state index in [0.717, 1.165) is 5.69 Å². The first kappa shape index (κ1) is 15.0. The van der Waals surface area contributed by atoms with E-state index in [2.05, 4.69) is 15.6 Å². The smallest absolute Gasteiger partial charge is 0.255 e. The summed E-state index contributed by atoms with van der Waals surface area (Å²) in [7, 11) is 1.76. The number of nitrogens with two attached hydrogens (primary N) is 1. The van der Waals surface area contributed by atoms with Crippen LogP contribution in [0.1, 0.15) is 36.8 Å². The van der Waals surface area contributed by atoms with E-state index in [4.69, 9.17) is 10.9 Å². The van der Waals surface area contributed by atoms with Crippen LogP contribution in [0.25, 0.3) is 0 Å². The van der Waals surface area contributed by atoms with Crippen LogP contribution >= 0.6 is 0 Å². The topological polar surface area (TPSA) is 106 Å². The highest BCUT2D eigenvalue weighted by Gasteiger charge is 2.23. The standard InChI is InChI=1S/C12H21N5O2/c1-5-9-8(6-17(4)15-9)12(18)14-10(7(2)3)11(13)16-19/h6-7,10,19H,5H2,1-4H3,(H2,13,16)(H,14,18). The van der Waals surface area contributed by atoms with E-state index in [1.165, 1.54) is 0 Å². The number of aromatic nitrogens is 2. The van der Waals surface area contributed by atoms with Crippen molar-refractivity contribution < 1.29 is 10.0 Å². The van der Waals surface area contributed by atoms with Crippen molar-refractivity contribution >= 4 is 11.7 Å². The Morgan fingerprint density at radius 3 is 2.74 bits per heavy atom. The minimum Gasteiger partial charge on any atom is -0.409 e. The molecule has 7 heteroatoms. The molecule has 19 heavy (non-hydrogen) atoms.